The summed E-state index contributed by atoms with van der Waals surface area (Å²) in [6.45, 7) is 0. The Hall–Kier alpha value is -2.64. The molecule has 4 N–H and O–H groups in total. The van der Waals surface area contributed by atoms with E-state index in [4.69, 9.17) is 10.8 Å². The molecule has 0 fully saturated rings. The minimum absolute atomic E-state index is 0.0585. The number of esters is 1. The number of carboxylic acid groups (broad SMARTS) is 1. The second kappa shape index (κ2) is 7.07. The van der Waals surface area contributed by atoms with Gasteiger partial charge < -0.3 is 20.9 Å². The van der Waals surface area contributed by atoms with E-state index in [9.17, 15) is 14.4 Å². The monoisotopic (exact) mass is 281 g/mol. The van der Waals surface area contributed by atoms with Crippen molar-refractivity contribution in [1.82, 2.24) is 10.3 Å². The number of ether oxygens (including phenoxy) is 1. The number of carboxylic acids is 1. The Kier molecular flexibility index (Phi) is 5.45. The molecule has 20 heavy (non-hydrogen) atoms. The summed E-state index contributed by atoms with van der Waals surface area (Å²) in [5.41, 5.74) is 5.65. The number of rotatable bonds is 6. The molecule has 0 radical (unpaired) electrons. The Bertz CT molecular complexity index is 518. The predicted molar refractivity (Wildman–Crippen MR) is 68.8 cm³/mol. The van der Waals surface area contributed by atoms with E-state index in [1.807, 2.05) is 0 Å². The van der Waals surface area contributed by atoms with E-state index >= 15 is 0 Å². The van der Waals surface area contributed by atoms with Gasteiger partial charge in [-0.3, -0.25) is 9.59 Å². The second-order valence-corrected chi connectivity index (χ2v) is 3.92. The Balaban J connectivity index is 2.71. The SMILES string of the molecule is COC(=O)CC[C@@H](NC(=O)c1ncccc1N)C(=O)O. The molecule has 0 aromatic carbocycles. The number of aliphatic carboxylic acids is 1. The van der Waals surface area contributed by atoms with Crippen LogP contribution in [-0.2, 0) is 14.3 Å². The second-order valence-electron chi connectivity index (χ2n) is 3.92. The molecule has 0 saturated heterocycles. The lowest BCUT2D eigenvalue weighted by atomic mass is 10.1. The largest absolute Gasteiger partial charge is 0.480 e. The molecule has 1 atom stereocenters. The minimum atomic E-state index is -1.25. The van der Waals surface area contributed by atoms with Gasteiger partial charge >= 0.3 is 11.9 Å². The number of pyridine rings is 1. The van der Waals surface area contributed by atoms with Crippen molar-refractivity contribution in [2.75, 3.05) is 12.8 Å². The number of hydrogen-bond acceptors (Lipinski definition) is 6. The molecule has 1 amide bonds. The van der Waals surface area contributed by atoms with E-state index in [1.165, 1.54) is 19.4 Å². The van der Waals surface area contributed by atoms with Gasteiger partial charge in [-0.2, -0.15) is 0 Å². The summed E-state index contributed by atoms with van der Waals surface area (Å²) in [4.78, 5) is 37.7. The highest BCUT2D eigenvalue weighted by Crippen LogP contribution is 2.08. The number of carbonyl (C=O) groups is 3. The highest BCUT2D eigenvalue weighted by Gasteiger charge is 2.23. The van der Waals surface area contributed by atoms with Crippen molar-refractivity contribution >= 4 is 23.5 Å². The number of methoxy groups -OCH3 is 1. The molecule has 8 nitrogen and oxygen atoms in total. The number of nitrogens with two attached hydrogens (primary N) is 1. The predicted octanol–water partition coefficient (Wildman–Crippen LogP) is -0.200. The quantitative estimate of drug-likeness (QED) is 0.615. The zero-order valence-corrected chi connectivity index (χ0v) is 10.8. The minimum Gasteiger partial charge on any atom is -0.480 e. The van der Waals surface area contributed by atoms with Crippen molar-refractivity contribution in [1.29, 1.82) is 0 Å². The molecule has 0 aliphatic heterocycles. The highest BCUT2D eigenvalue weighted by molar-refractivity contribution is 5.99. The van der Waals surface area contributed by atoms with Crippen LogP contribution in [0.5, 0.6) is 0 Å². The third-order valence-corrected chi connectivity index (χ3v) is 2.52. The Labute approximate surface area is 114 Å². The summed E-state index contributed by atoms with van der Waals surface area (Å²) in [7, 11) is 1.20. The molecular weight excluding hydrogens is 266 g/mol. The van der Waals surface area contributed by atoms with Gasteiger partial charge in [-0.05, 0) is 18.6 Å². The average molecular weight is 281 g/mol. The van der Waals surface area contributed by atoms with E-state index < -0.39 is 23.9 Å². The molecule has 0 aliphatic rings. The Morgan fingerprint density at radius 3 is 2.75 bits per heavy atom. The summed E-state index contributed by atoms with van der Waals surface area (Å²) in [5.74, 6) is -2.51. The van der Waals surface area contributed by atoms with Gasteiger partial charge in [0.25, 0.3) is 5.91 Å². The number of carbonyl (C=O) groups excluding carboxylic acids is 2. The molecule has 1 heterocycles. The first-order valence-corrected chi connectivity index (χ1v) is 5.76. The molecule has 1 rings (SSSR count). The fourth-order valence-electron chi connectivity index (χ4n) is 1.46. The van der Waals surface area contributed by atoms with E-state index in [0.717, 1.165) is 0 Å². The lowest BCUT2D eigenvalue weighted by Crippen LogP contribution is -2.41. The fourth-order valence-corrected chi connectivity index (χ4v) is 1.46. The molecule has 1 aromatic rings. The van der Waals surface area contributed by atoms with Crippen LogP contribution in [-0.4, -0.2) is 41.1 Å². The van der Waals surface area contributed by atoms with Crippen LogP contribution in [0.25, 0.3) is 0 Å². The van der Waals surface area contributed by atoms with Gasteiger partial charge in [-0.15, -0.1) is 0 Å². The van der Waals surface area contributed by atoms with Gasteiger partial charge in [-0.25, -0.2) is 9.78 Å². The van der Waals surface area contributed by atoms with Gasteiger partial charge in [0.1, 0.15) is 6.04 Å². The van der Waals surface area contributed by atoms with Crippen LogP contribution in [0.1, 0.15) is 23.3 Å². The Morgan fingerprint density at radius 2 is 2.20 bits per heavy atom. The number of anilines is 1. The number of nitrogens with one attached hydrogen (secondary N) is 1. The molecule has 0 unspecified atom stereocenters. The molecular formula is C12H15N3O5. The van der Waals surface area contributed by atoms with Crippen molar-refractivity contribution in [2.45, 2.75) is 18.9 Å². The van der Waals surface area contributed by atoms with Crippen LogP contribution in [0.15, 0.2) is 18.3 Å². The van der Waals surface area contributed by atoms with Gasteiger partial charge in [0.15, 0.2) is 5.69 Å². The number of hydrogen-bond donors (Lipinski definition) is 3. The van der Waals surface area contributed by atoms with Crippen molar-refractivity contribution in [3.05, 3.63) is 24.0 Å². The topological polar surface area (TPSA) is 132 Å². The van der Waals surface area contributed by atoms with Crippen LogP contribution < -0.4 is 11.1 Å². The standard InChI is InChI=1S/C12H15N3O5/c1-20-9(16)5-4-8(12(18)19)15-11(17)10-7(13)3-2-6-14-10/h2-3,6,8H,4-5,13H2,1H3,(H,15,17)(H,18,19)/t8-/m1/s1. The van der Waals surface area contributed by atoms with E-state index in [1.54, 1.807) is 6.07 Å². The van der Waals surface area contributed by atoms with Gasteiger partial charge in [-0.1, -0.05) is 0 Å². The fraction of sp³-hybridized carbons (Fsp3) is 0.333. The molecule has 108 valence electrons. The molecule has 0 spiro atoms. The summed E-state index contributed by atoms with van der Waals surface area (Å²) in [6.07, 6.45) is 1.17. The van der Waals surface area contributed by atoms with Crippen LogP contribution in [0.4, 0.5) is 5.69 Å². The molecule has 8 heteroatoms. The molecule has 0 bridgehead atoms. The molecule has 1 aromatic heterocycles. The van der Waals surface area contributed by atoms with E-state index in [2.05, 4.69) is 15.0 Å². The third kappa shape index (κ3) is 4.23. The maximum Gasteiger partial charge on any atom is 0.326 e. The zero-order chi connectivity index (χ0) is 15.1. The first-order valence-electron chi connectivity index (χ1n) is 5.76. The lowest BCUT2D eigenvalue weighted by molar-refractivity contribution is -0.142. The van der Waals surface area contributed by atoms with Crippen molar-refractivity contribution in [3.63, 3.8) is 0 Å². The lowest BCUT2D eigenvalue weighted by Gasteiger charge is -2.14. The van der Waals surface area contributed by atoms with Gasteiger partial charge in [0.2, 0.25) is 0 Å². The number of nitrogens with zero attached hydrogens (tertiary/aromatic N) is 1. The van der Waals surface area contributed by atoms with Gasteiger partial charge in [0.05, 0.1) is 12.8 Å². The van der Waals surface area contributed by atoms with E-state index in [-0.39, 0.29) is 24.2 Å². The Morgan fingerprint density at radius 1 is 1.50 bits per heavy atom. The first kappa shape index (κ1) is 15.4. The summed E-state index contributed by atoms with van der Waals surface area (Å²) in [5, 5.41) is 11.3. The van der Waals surface area contributed by atoms with Crippen LogP contribution in [0, 0.1) is 0 Å². The summed E-state index contributed by atoms with van der Waals surface area (Å²) in [6, 6.07) is 1.81. The number of amides is 1. The van der Waals surface area contributed by atoms with Crippen LogP contribution in [0.2, 0.25) is 0 Å². The zero-order valence-electron chi connectivity index (χ0n) is 10.8. The summed E-state index contributed by atoms with van der Waals surface area (Å²) >= 11 is 0. The normalized spacial score (nSPS) is 11.4. The molecule has 0 aliphatic carbocycles. The van der Waals surface area contributed by atoms with E-state index in [0.29, 0.717) is 0 Å². The van der Waals surface area contributed by atoms with Crippen molar-refractivity contribution in [2.24, 2.45) is 0 Å². The number of nitrogen functional groups attached to an aromatic ring is 1. The smallest absolute Gasteiger partial charge is 0.326 e. The number of aromatic nitrogens is 1. The van der Waals surface area contributed by atoms with Crippen molar-refractivity contribution in [3.8, 4) is 0 Å². The highest BCUT2D eigenvalue weighted by atomic mass is 16.5. The average Bonchev–Trinajstić information content (AvgIpc) is 2.42. The molecule has 0 saturated carbocycles. The third-order valence-electron chi connectivity index (χ3n) is 2.52. The first-order chi connectivity index (χ1) is 9.45. The maximum absolute atomic E-state index is 11.9. The summed E-state index contributed by atoms with van der Waals surface area (Å²) < 4.78 is 4.41. The van der Waals surface area contributed by atoms with Crippen molar-refractivity contribution < 1.29 is 24.2 Å². The van der Waals surface area contributed by atoms with Gasteiger partial charge in [0, 0.05) is 12.6 Å². The maximum atomic E-state index is 11.9. The van der Waals surface area contributed by atoms with Crippen LogP contribution >= 0.6 is 0 Å². The van der Waals surface area contributed by atoms with Crippen LogP contribution in [0.3, 0.4) is 0 Å².